The Kier molecular flexibility index (Phi) is 5.38. The molecule has 0 heterocycles. The van der Waals surface area contributed by atoms with Crippen LogP contribution in [0.2, 0.25) is 0 Å². The molecule has 25 heavy (non-hydrogen) atoms. The number of Topliss-reactive ketones (excluding diaryl/α,β-unsaturated/α-hetero) is 1. The van der Waals surface area contributed by atoms with Crippen LogP contribution in [0, 0.1) is 21.4 Å². The first-order valence-electron chi connectivity index (χ1n) is 7.20. The summed E-state index contributed by atoms with van der Waals surface area (Å²) in [7, 11) is 0. The number of nitriles is 1. The van der Waals surface area contributed by atoms with Crippen LogP contribution < -0.4 is 5.32 Å². The van der Waals surface area contributed by atoms with E-state index in [1.165, 1.54) is 31.2 Å². The van der Waals surface area contributed by atoms with E-state index in [2.05, 4.69) is 5.32 Å². The molecule has 124 valence electrons. The zero-order valence-corrected chi connectivity index (χ0v) is 13.2. The second kappa shape index (κ2) is 7.66. The molecule has 0 bridgehead atoms. The van der Waals surface area contributed by atoms with Crippen molar-refractivity contribution in [2.75, 3.05) is 5.32 Å². The maximum atomic E-state index is 12.3. The lowest BCUT2D eigenvalue weighted by atomic mass is 10.1. The third-order valence-corrected chi connectivity index (χ3v) is 3.31. The molecule has 0 aliphatic carbocycles. The first-order valence-corrected chi connectivity index (χ1v) is 7.20. The number of nitro groups is 1. The number of nitrogens with one attached hydrogen (secondary N) is 1. The number of anilines is 1. The summed E-state index contributed by atoms with van der Waals surface area (Å²) in [6.07, 6.45) is 1.25. The molecule has 0 radical (unpaired) electrons. The Morgan fingerprint density at radius 3 is 2.56 bits per heavy atom. The van der Waals surface area contributed by atoms with E-state index in [1.54, 1.807) is 36.4 Å². The summed E-state index contributed by atoms with van der Waals surface area (Å²) in [5.74, 6) is -0.931. The predicted molar refractivity (Wildman–Crippen MR) is 91.8 cm³/mol. The van der Waals surface area contributed by atoms with Gasteiger partial charge in [0.25, 0.3) is 11.6 Å². The average Bonchev–Trinajstić information content (AvgIpc) is 2.60. The normalized spacial score (nSPS) is 10.6. The van der Waals surface area contributed by atoms with E-state index >= 15 is 0 Å². The van der Waals surface area contributed by atoms with Gasteiger partial charge < -0.3 is 5.32 Å². The van der Waals surface area contributed by atoms with Crippen LogP contribution in [-0.2, 0) is 4.79 Å². The molecule has 7 nitrogen and oxygen atoms in total. The van der Waals surface area contributed by atoms with Crippen molar-refractivity contribution < 1.29 is 14.5 Å². The number of hydrogen-bond donors (Lipinski definition) is 1. The monoisotopic (exact) mass is 335 g/mol. The van der Waals surface area contributed by atoms with Crippen LogP contribution in [-0.4, -0.2) is 16.6 Å². The number of benzene rings is 2. The van der Waals surface area contributed by atoms with Crippen molar-refractivity contribution in [2.24, 2.45) is 0 Å². The summed E-state index contributed by atoms with van der Waals surface area (Å²) in [6, 6.07) is 13.8. The molecule has 7 heteroatoms. The van der Waals surface area contributed by atoms with E-state index in [-0.39, 0.29) is 17.0 Å². The van der Waals surface area contributed by atoms with Gasteiger partial charge in [-0.2, -0.15) is 5.26 Å². The number of carbonyl (C=O) groups is 2. The molecule has 1 N–H and O–H groups in total. The average molecular weight is 335 g/mol. The summed E-state index contributed by atoms with van der Waals surface area (Å²) in [6.45, 7) is 1.37. The molecule has 0 spiro atoms. The molecule has 2 aromatic rings. The predicted octanol–water partition coefficient (Wildman–Crippen LogP) is 3.34. The molecule has 2 rings (SSSR count). The quantitative estimate of drug-likeness (QED) is 0.296. The molecule has 0 unspecified atom stereocenters. The molecule has 0 aromatic heterocycles. The molecule has 1 amide bonds. The zero-order chi connectivity index (χ0) is 18.4. The van der Waals surface area contributed by atoms with Crippen molar-refractivity contribution in [3.63, 3.8) is 0 Å². The fraction of sp³-hybridized carbons (Fsp3) is 0.0556. The molecule has 0 aliphatic rings. The van der Waals surface area contributed by atoms with Crippen molar-refractivity contribution >= 4 is 29.1 Å². The van der Waals surface area contributed by atoms with Gasteiger partial charge >= 0.3 is 0 Å². The van der Waals surface area contributed by atoms with E-state index < -0.39 is 10.8 Å². The summed E-state index contributed by atoms with van der Waals surface area (Å²) in [5, 5.41) is 22.5. The molecule has 0 fully saturated rings. The van der Waals surface area contributed by atoms with Crippen LogP contribution in [0.25, 0.3) is 6.08 Å². The number of non-ortho nitro benzene ring substituents is 1. The number of para-hydroxylation sites is 1. The summed E-state index contributed by atoms with van der Waals surface area (Å²) >= 11 is 0. The number of nitro benzene ring substituents is 1. The fourth-order valence-electron chi connectivity index (χ4n) is 2.13. The Morgan fingerprint density at radius 1 is 1.20 bits per heavy atom. The lowest BCUT2D eigenvalue weighted by molar-refractivity contribution is -0.384. The Balaban J connectivity index is 2.31. The molecule has 0 saturated carbocycles. The van der Waals surface area contributed by atoms with Gasteiger partial charge in [-0.15, -0.1) is 0 Å². The van der Waals surface area contributed by atoms with Crippen LogP contribution in [0.3, 0.4) is 0 Å². The van der Waals surface area contributed by atoms with E-state index in [0.717, 1.165) is 0 Å². The van der Waals surface area contributed by atoms with Crippen LogP contribution in [0.15, 0.2) is 54.1 Å². The minimum atomic E-state index is -0.706. The van der Waals surface area contributed by atoms with Gasteiger partial charge in [-0.05, 0) is 30.7 Å². The minimum Gasteiger partial charge on any atom is -0.321 e. The highest BCUT2D eigenvalue weighted by Crippen LogP contribution is 2.19. The fourth-order valence-corrected chi connectivity index (χ4v) is 2.13. The summed E-state index contributed by atoms with van der Waals surface area (Å²) < 4.78 is 0. The van der Waals surface area contributed by atoms with Gasteiger partial charge in [-0.1, -0.05) is 24.3 Å². The first-order chi connectivity index (χ1) is 11.9. The van der Waals surface area contributed by atoms with Crippen molar-refractivity contribution in [3.05, 3.63) is 75.3 Å². The molecule has 0 atom stereocenters. The number of hydrogen-bond acceptors (Lipinski definition) is 5. The van der Waals surface area contributed by atoms with E-state index in [9.17, 15) is 25.0 Å². The van der Waals surface area contributed by atoms with Crippen LogP contribution in [0.4, 0.5) is 11.4 Å². The van der Waals surface area contributed by atoms with Crippen LogP contribution >= 0.6 is 0 Å². The zero-order valence-electron chi connectivity index (χ0n) is 13.2. The maximum Gasteiger partial charge on any atom is 0.270 e. The van der Waals surface area contributed by atoms with E-state index in [1.807, 2.05) is 0 Å². The van der Waals surface area contributed by atoms with Gasteiger partial charge in [0.2, 0.25) is 0 Å². The highest BCUT2D eigenvalue weighted by atomic mass is 16.6. The van der Waals surface area contributed by atoms with Crippen LogP contribution in [0.5, 0.6) is 0 Å². The van der Waals surface area contributed by atoms with Gasteiger partial charge in [-0.25, -0.2) is 0 Å². The van der Waals surface area contributed by atoms with Crippen molar-refractivity contribution in [3.8, 4) is 6.07 Å². The Morgan fingerprint density at radius 2 is 1.92 bits per heavy atom. The number of nitrogens with zero attached hydrogens (tertiary/aromatic N) is 2. The first kappa shape index (κ1) is 17.6. The van der Waals surface area contributed by atoms with Crippen molar-refractivity contribution in [1.82, 2.24) is 0 Å². The summed E-state index contributed by atoms with van der Waals surface area (Å²) in [5.41, 5.74) is 0.580. The SMILES string of the molecule is CC(=O)c1ccccc1NC(=O)/C(C#N)=C\c1cccc([N+](=O)[O-])c1. The second-order valence-corrected chi connectivity index (χ2v) is 5.08. The molecular formula is C18H13N3O4. The highest BCUT2D eigenvalue weighted by molar-refractivity contribution is 6.12. The van der Waals surface area contributed by atoms with E-state index in [0.29, 0.717) is 16.8 Å². The van der Waals surface area contributed by atoms with Gasteiger partial charge in [0, 0.05) is 17.7 Å². The number of rotatable bonds is 5. The Bertz CT molecular complexity index is 926. The topological polar surface area (TPSA) is 113 Å². The second-order valence-electron chi connectivity index (χ2n) is 5.08. The molecule has 2 aromatic carbocycles. The lowest BCUT2D eigenvalue weighted by Gasteiger charge is -2.08. The van der Waals surface area contributed by atoms with Crippen molar-refractivity contribution in [1.29, 1.82) is 5.26 Å². The van der Waals surface area contributed by atoms with E-state index in [4.69, 9.17) is 0 Å². The highest BCUT2D eigenvalue weighted by Gasteiger charge is 2.14. The number of carbonyl (C=O) groups excluding carboxylic acids is 2. The molecular weight excluding hydrogens is 322 g/mol. The smallest absolute Gasteiger partial charge is 0.270 e. The van der Waals surface area contributed by atoms with Gasteiger partial charge in [0.15, 0.2) is 5.78 Å². The van der Waals surface area contributed by atoms with Crippen LogP contribution in [0.1, 0.15) is 22.8 Å². The Labute approximate surface area is 143 Å². The third-order valence-electron chi connectivity index (χ3n) is 3.31. The third kappa shape index (κ3) is 4.36. The standard InChI is InChI=1S/C18H13N3O4/c1-12(22)16-7-2-3-8-17(16)20-18(23)14(11-19)9-13-5-4-6-15(10-13)21(24)25/h2-10H,1H3,(H,20,23)/b14-9-. The largest absolute Gasteiger partial charge is 0.321 e. The van der Waals surface area contributed by atoms with Gasteiger partial charge in [0.05, 0.1) is 10.6 Å². The maximum absolute atomic E-state index is 12.3. The Hall–Kier alpha value is -3.79. The number of ketones is 1. The molecule has 0 aliphatic heterocycles. The number of amides is 1. The summed E-state index contributed by atoms with van der Waals surface area (Å²) in [4.78, 5) is 34.1. The van der Waals surface area contributed by atoms with Gasteiger partial charge in [0.1, 0.15) is 11.6 Å². The molecule has 0 saturated heterocycles. The van der Waals surface area contributed by atoms with Crippen molar-refractivity contribution in [2.45, 2.75) is 6.92 Å². The lowest BCUT2D eigenvalue weighted by Crippen LogP contribution is -2.15. The van der Waals surface area contributed by atoms with Gasteiger partial charge in [-0.3, -0.25) is 19.7 Å². The minimum absolute atomic E-state index is 0.145.